The molecular formula is C21H18N6O3S2. The van der Waals surface area contributed by atoms with Crippen molar-refractivity contribution in [3.05, 3.63) is 89.8 Å². The molecule has 0 atom stereocenters. The summed E-state index contributed by atoms with van der Waals surface area (Å²) in [6.07, 6.45) is 3.05. The lowest BCUT2D eigenvalue weighted by Gasteiger charge is -2.11. The van der Waals surface area contributed by atoms with E-state index in [0.717, 1.165) is 22.6 Å². The van der Waals surface area contributed by atoms with Crippen LogP contribution in [0.2, 0.25) is 0 Å². The molecule has 0 aliphatic rings. The van der Waals surface area contributed by atoms with Gasteiger partial charge in [-0.2, -0.15) is 10.2 Å². The highest BCUT2D eigenvalue weighted by molar-refractivity contribution is 7.94. The van der Waals surface area contributed by atoms with Crippen molar-refractivity contribution in [3.63, 3.8) is 0 Å². The Labute approximate surface area is 188 Å². The van der Waals surface area contributed by atoms with Gasteiger partial charge in [0.25, 0.3) is 15.9 Å². The van der Waals surface area contributed by atoms with E-state index in [9.17, 15) is 13.2 Å². The Morgan fingerprint density at radius 3 is 2.53 bits per heavy atom. The number of rotatable bonds is 7. The number of carbonyl (C=O) groups is 1. The van der Waals surface area contributed by atoms with Gasteiger partial charge in [-0.3, -0.25) is 9.52 Å². The van der Waals surface area contributed by atoms with E-state index in [1.54, 1.807) is 41.5 Å². The maximum atomic E-state index is 12.7. The topological polar surface area (TPSA) is 118 Å². The molecule has 0 fully saturated rings. The van der Waals surface area contributed by atoms with Gasteiger partial charge in [0.15, 0.2) is 0 Å². The van der Waals surface area contributed by atoms with Crippen LogP contribution in [-0.4, -0.2) is 34.8 Å². The summed E-state index contributed by atoms with van der Waals surface area (Å²) >= 11 is 1.09. The average molecular weight is 467 g/mol. The SMILES string of the molecule is C/C(=N\NC(=O)c1ccccc1NS(=O)(=O)c1cccs1)c1ccc(-n2cncn2)cc1. The van der Waals surface area contributed by atoms with Crippen LogP contribution in [-0.2, 0) is 10.0 Å². The second-order valence-electron chi connectivity index (χ2n) is 6.61. The van der Waals surface area contributed by atoms with Crippen LogP contribution >= 0.6 is 11.3 Å². The molecule has 9 nitrogen and oxygen atoms in total. The molecule has 0 saturated carbocycles. The van der Waals surface area contributed by atoms with E-state index in [1.807, 2.05) is 24.3 Å². The molecular weight excluding hydrogens is 448 g/mol. The monoisotopic (exact) mass is 466 g/mol. The Bertz CT molecular complexity index is 1350. The average Bonchev–Trinajstić information content (AvgIpc) is 3.52. The molecule has 0 saturated heterocycles. The molecule has 2 N–H and O–H groups in total. The molecule has 0 aliphatic carbocycles. The summed E-state index contributed by atoms with van der Waals surface area (Å²) in [7, 11) is -3.78. The third-order valence-electron chi connectivity index (χ3n) is 4.47. The second kappa shape index (κ2) is 9.12. The maximum Gasteiger partial charge on any atom is 0.273 e. The van der Waals surface area contributed by atoms with Crippen LogP contribution in [0.4, 0.5) is 5.69 Å². The van der Waals surface area contributed by atoms with Crippen molar-refractivity contribution in [3.8, 4) is 5.69 Å². The van der Waals surface area contributed by atoms with Gasteiger partial charge in [-0.15, -0.1) is 11.3 Å². The number of para-hydroxylation sites is 1. The van der Waals surface area contributed by atoms with E-state index in [2.05, 4.69) is 25.3 Å². The van der Waals surface area contributed by atoms with Gasteiger partial charge in [0.1, 0.15) is 16.9 Å². The molecule has 0 aliphatic heterocycles. The first-order chi connectivity index (χ1) is 15.4. The molecule has 32 heavy (non-hydrogen) atoms. The Hall–Kier alpha value is -3.83. The number of nitrogens with zero attached hydrogens (tertiary/aromatic N) is 4. The number of hydrazone groups is 1. The molecule has 0 unspecified atom stereocenters. The van der Waals surface area contributed by atoms with Gasteiger partial charge in [0.2, 0.25) is 0 Å². The van der Waals surface area contributed by atoms with Gasteiger partial charge in [0.05, 0.1) is 22.6 Å². The van der Waals surface area contributed by atoms with Crippen LogP contribution < -0.4 is 10.1 Å². The van der Waals surface area contributed by atoms with E-state index in [1.165, 1.54) is 24.5 Å². The molecule has 4 rings (SSSR count). The normalized spacial score (nSPS) is 11.8. The fraction of sp³-hybridized carbons (Fsp3) is 0.0476. The predicted molar refractivity (Wildman–Crippen MR) is 123 cm³/mol. The van der Waals surface area contributed by atoms with Gasteiger partial charge >= 0.3 is 0 Å². The van der Waals surface area contributed by atoms with Gasteiger partial charge in [0, 0.05) is 0 Å². The van der Waals surface area contributed by atoms with E-state index >= 15 is 0 Å². The minimum absolute atomic E-state index is 0.158. The number of sulfonamides is 1. The molecule has 2 aromatic carbocycles. The quantitative estimate of drug-likeness (QED) is 0.320. The zero-order valence-corrected chi connectivity index (χ0v) is 18.5. The molecule has 2 aromatic heterocycles. The van der Waals surface area contributed by atoms with Gasteiger partial charge in [-0.05, 0) is 48.2 Å². The number of thiophene rings is 1. The highest BCUT2D eigenvalue weighted by Crippen LogP contribution is 2.23. The smallest absolute Gasteiger partial charge is 0.273 e. The number of nitrogens with one attached hydrogen (secondary N) is 2. The van der Waals surface area contributed by atoms with Crippen molar-refractivity contribution in [2.45, 2.75) is 11.1 Å². The summed E-state index contributed by atoms with van der Waals surface area (Å²) in [6, 6.07) is 16.9. The van der Waals surface area contributed by atoms with Gasteiger partial charge in [-0.25, -0.2) is 23.5 Å². The minimum Gasteiger partial charge on any atom is -0.278 e. The van der Waals surface area contributed by atoms with E-state index in [4.69, 9.17) is 0 Å². The van der Waals surface area contributed by atoms with Crippen LogP contribution in [0.15, 0.2) is 88.0 Å². The van der Waals surface area contributed by atoms with Crippen LogP contribution in [0.5, 0.6) is 0 Å². The van der Waals surface area contributed by atoms with Crippen LogP contribution in [0, 0.1) is 0 Å². The Kier molecular flexibility index (Phi) is 6.10. The van der Waals surface area contributed by atoms with E-state index in [0.29, 0.717) is 5.71 Å². The number of amides is 1. The second-order valence-corrected chi connectivity index (χ2v) is 9.47. The number of anilines is 1. The minimum atomic E-state index is -3.78. The summed E-state index contributed by atoms with van der Waals surface area (Å²) in [5.41, 5.74) is 5.05. The lowest BCUT2D eigenvalue weighted by molar-refractivity contribution is 0.0955. The van der Waals surface area contributed by atoms with Crippen LogP contribution in [0.25, 0.3) is 5.69 Å². The van der Waals surface area contributed by atoms with Crippen LogP contribution in [0.1, 0.15) is 22.8 Å². The molecule has 4 aromatic rings. The highest BCUT2D eigenvalue weighted by atomic mass is 32.2. The zero-order chi connectivity index (χ0) is 22.6. The lowest BCUT2D eigenvalue weighted by atomic mass is 10.1. The molecule has 162 valence electrons. The van der Waals surface area contributed by atoms with Crippen molar-refractivity contribution >= 4 is 38.7 Å². The maximum absolute atomic E-state index is 12.7. The summed E-state index contributed by atoms with van der Waals surface area (Å²) in [5.74, 6) is -0.534. The number of hydrogen-bond acceptors (Lipinski definition) is 7. The lowest BCUT2D eigenvalue weighted by Crippen LogP contribution is -2.22. The number of aromatic nitrogens is 3. The molecule has 0 spiro atoms. The van der Waals surface area contributed by atoms with E-state index < -0.39 is 15.9 Å². The third-order valence-corrected chi connectivity index (χ3v) is 7.23. The van der Waals surface area contributed by atoms with Crippen LogP contribution in [0.3, 0.4) is 0 Å². The Morgan fingerprint density at radius 2 is 1.84 bits per heavy atom. The van der Waals surface area contributed by atoms with E-state index in [-0.39, 0.29) is 15.5 Å². The first-order valence-electron chi connectivity index (χ1n) is 9.39. The summed E-state index contributed by atoms with van der Waals surface area (Å²) in [6.45, 7) is 1.76. The zero-order valence-electron chi connectivity index (χ0n) is 16.8. The number of hydrogen-bond donors (Lipinski definition) is 2. The number of benzene rings is 2. The summed E-state index contributed by atoms with van der Waals surface area (Å²) in [5, 5.41) is 9.90. The fourth-order valence-corrected chi connectivity index (χ4v) is 4.91. The summed E-state index contributed by atoms with van der Waals surface area (Å²) < 4.78 is 29.3. The molecule has 2 heterocycles. The number of carbonyl (C=O) groups excluding carboxylic acids is 1. The van der Waals surface area contributed by atoms with Crippen molar-refractivity contribution in [1.82, 2.24) is 20.2 Å². The molecule has 11 heteroatoms. The largest absolute Gasteiger partial charge is 0.278 e. The Morgan fingerprint density at radius 1 is 1.06 bits per heavy atom. The standard InChI is InChI=1S/C21H18N6O3S2/c1-15(16-8-10-17(11-9-16)27-14-22-13-23-27)24-25-21(28)18-5-2-3-6-19(18)26-32(29,30)20-7-4-12-31-20/h2-14,26H,1H3,(H,25,28)/b24-15+. The first-order valence-corrected chi connectivity index (χ1v) is 11.8. The van der Waals surface area contributed by atoms with Crippen molar-refractivity contribution < 1.29 is 13.2 Å². The highest BCUT2D eigenvalue weighted by Gasteiger charge is 2.19. The van der Waals surface area contributed by atoms with Crippen molar-refractivity contribution in [2.75, 3.05) is 4.72 Å². The molecule has 1 amide bonds. The molecule has 0 bridgehead atoms. The van der Waals surface area contributed by atoms with Gasteiger partial charge in [-0.1, -0.05) is 30.3 Å². The Balaban J connectivity index is 1.49. The molecule has 0 radical (unpaired) electrons. The third kappa shape index (κ3) is 4.74. The van der Waals surface area contributed by atoms with Crippen molar-refractivity contribution in [2.24, 2.45) is 5.10 Å². The fourth-order valence-electron chi connectivity index (χ4n) is 2.84. The first kappa shape index (κ1) is 21.4. The summed E-state index contributed by atoms with van der Waals surface area (Å²) in [4.78, 5) is 16.6. The van der Waals surface area contributed by atoms with Gasteiger partial charge < -0.3 is 0 Å². The predicted octanol–water partition coefficient (Wildman–Crippen LogP) is 3.28. The van der Waals surface area contributed by atoms with Crippen molar-refractivity contribution in [1.29, 1.82) is 0 Å².